The third-order valence-corrected chi connectivity index (χ3v) is 5.15. The average Bonchev–Trinajstić information content (AvgIpc) is 2.67. The lowest BCUT2D eigenvalue weighted by atomic mass is 10.1. The third kappa shape index (κ3) is 4.92. The van der Waals surface area contributed by atoms with Gasteiger partial charge in [-0.15, -0.1) is 0 Å². The summed E-state index contributed by atoms with van der Waals surface area (Å²) in [6, 6.07) is 6.41. The van der Waals surface area contributed by atoms with Crippen LogP contribution in [-0.4, -0.2) is 43.1 Å². The lowest BCUT2D eigenvalue weighted by Crippen LogP contribution is -2.45. The van der Waals surface area contributed by atoms with Gasteiger partial charge in [-0.05, 0) is 62.5 Å². The Hall–Kier alpha value is -1.72. The summed E-state index contributed by atoms with van der Waals surface area (Å²) in [5, 5.41) is 7.48. The Balaban J connectivity index is 1.78. The second-order valence-corrected chi connectivity index (χ2v) is 7.20. The summed E-state index contributed by atoms with van der Waals surface area (Å²) >= 11 is 6.23. The highest BCUT2D eigenvalue weighted by molar-refractivity contribution is 6.32. The molecule has 2 aliphatic heterocycles. The molecule has 0 unspecified atom stereocenters. The molecule has 1 saturated heterocycles. The third-order valence-electron chi connectivity index (χ3n) is 4.84. The van der Waals surface area contributed by atoms with Gasteiger partial charge in [0.25, 0.3) is 0 Å². The van der Waals surface area contributed by atoms with Crippen LogP contribution >= 0.6 is 11.6 Å². The number of hydrogen-bond donors (Lipinski definition) is 2. The van der Waals surface area contributed by atoms with Crippen molar-refractivity contribution in [3.63, 3.8) is 0 Å². The highest BCUT2D eigenvalue weighted by atomic mass is 35.5. The van der Waals surface area contributed by atoms with Gasteiger partial charge in [-0.1, -0.05) is 24.6 Å². The largest absolute Gasteiger partial charge is 0.492 e. The molecule has 1 aromatic rings. The molecule has 142 valence electrons. The lowest BCUT2D eigenvalue weighted by molar-refractivity contribution is 0.339. The van der Waals surface area contributed by atoms with E-state index in [1.54, 1.807) is 0 Å². The molecule has 0 radical (unpaired) electrons. The molecule has 0 bridgehead atoms. The van der Waals surface area contributed by atoms with Crippen molar-refractivity contribution >= 4 is 17.6 Å². The van der Waals surface area contributed by atoms with Crippen molar-refractivity contribution in [1.82, 2.24) is 15.5 Å². The molecule has 0 aromatic heterocycles. The quantitative estimate of drug-likeness (QED) is 0.797. The van der Waals surface area contributed by atoms with Crippen LogP contribution in [0.15, 0.2) is 35.0 Å². The zero-order chi connectivity index (χ0) is 18.4. The van der Waals surface area contributed by atoms with E-state index in [-0.39, 0.29) is 0 Å². The smallest absolute Gasteiger partial charge is 0.198 e. The lowest BCUT2D eigenvalue weighted by Gasteiger charge is -2.32. The van der Waals surface area contributed by atoms with Gasteiger partial charge in [0.05, 0.1) is 17.7 Å². The molecule has 0 aliphatic carbocycles. The van der Waals surface area contributed by atoms with Gasteiger partial charge >= 0.3 is 0 Å². The van der Waals surface area contributed by atoms with Crippen molar-refractivity contribution in [1.29, 1.82) is 0 Å². The van der Waals surface area contributed by atoms with Crippen LogP contribution in [0.1, 0.15) is 38.7 Å². The number of rotatable bonds is 6. The molecule has 1 aromatic carbocycles. The number of aliphatic imine (C=N–C) groups is 1. The summed E-state index contributed by atoms with van der Waals surface area (Å²) in [6.45, 7) is 8.56. The summed E-state index contributed by atoms with van der Waals surface area (Å²) < 4.78 is 5.64. The Bertz CT molecular complexity index is 668. The molecule has 6 heteroatoms. The Morgan fingerprint density at radius 3 is 2.81 bits per heavy atom. The van der Waals surface area contributed by atoms with Crippen LogP contribution in [0.2, 0.25) is 5.02 Å². The fraction of sp³-hybridized carbons (Fsp3) is 0.550. The number of ether oxygens (including phenoxy) is 1. The highest BCUT2D eigenvalue weighted by Crippen LogP contribution is 2.26. The first-order valence-corrected chi connectivity index (χ1v) is 9.96. The zero-order valence-electron chi connectivity index (χ0n) is 15.7. The molecule has 5 nitrogen and oxygen atoms in total. The number of benzene rings is 1. The Labute approximate surface area is 161 Å². The van der Waals surface area contributed by atoms with Crippen LogP contribution in [0.5, 0.6) is 5.75 Å². The van der Waals surface area contributed by atoms with Crippen molar-refractivity contribution in [3.8, 4) is 5.75 Å². The van der Waals surface area contributed by atoms with E-state index >= 15 is 0 Å². The van der Waals surface area contributed by atoms with Crippen molar-refractivity contribution in [2.45, 2.75) is 45.7 Å². The van der Waals surface area contributed by atoms with E-state index in [4.69, 9.17) is 21.3 Å². The molecule has 2 N–H and O–H groups in total. The predicted molar refractivity (Wildman–Crippen MR) is 108 cm³/mol. The summed E-state index contributed by atoms with van der Waals surface area (Å²) in [4.78, 5) is 7.33. The molecule has 26 heavy (non-hydrogen) atoms. The first-order chi connectivity index (χ1) is 12.7. The SMILES string of the molecule is CCOc1cc(CN2CC(CC)=CNC2=NC2CCNCC2)ccc1Cl. The summed E-state index contributed by atoms with van der Waals surface area (Å²) in [7, 11) is 0. The topological polar surface area (TPSA) is 48.9 Å². The van der Waals surface area contributed by atoms with Crippen LogP contribution in [0, 0.1) is 0 Å². The number of nitrogens with zero attached hydrogens (tertiary/aromatic N) is 2. The molecule has 3 rings (SSSR count). The van der Waals surface area contributed by atoms with Gasteiger partial charge in [-0.2, -0.15) is 0 Å². The fourth-order valence-corrected chi connectivity index (χ4v) is 3.50. The van der Waals surface area contributed by atoms with Gasteiger partial charge in [0.15, 0.2) is 5.96 Å². The normalized spacial score (nSPS) is 20.0. The van der Waals surface area contributed by atoms with Gasteiger partial charge in [0, 0.05) is 19.3 Å². The maximum Gasteiger partial charge on any atom is 0.198 e. The number of guanidine groups is 1. The second-order valence-electron chi connectivity index (χ2n) is 6.79. The van der Waals surface area contributed by atoms with Crippen molar-refractivity contribution in [3.05, 3.63) is 40.6 Å². The van der Waals surface area contributed by atoms with Crippen LogP contribution in [-0.2, 0) is 6.54 Å². The van der Waals surface area contributed by atoms with Crippen LogP contribution in [0.4, 0.5) is 0 Å². The first kappa shape index (κ1) is 19.1. The van der Waals surface area contributed by atoms with E-state index < -0.39 is 0 Å². The van der Waals surface area contributed by atoms with Crippen LogP contribution < -0.4 is 15.4 Å². The maximum absolute atomic E-state index is 6.23. The van der Waals surface area contributed by atoms with E-state index in [0.717, 1.165) is 57.2 Å². The summed E-state index contributed by atoms with van der Waals surface area (Å²) in [6.07, 6.45) is 5.34. The molecule has 2 aliphatic rings. The van der Waals surface area contributed by atoms with Gasteiger partial charge in [0.2, 0.25) is 0 Å². The second kappa shape index (κ2) is 9.28. The van der Waals surface area contributed by atoms with Gasteiger partial charge < -0.3 is 20.3 Å². The molecule has 0 atom stereocenters. The van der Waals surface area contributed by atoms with Crippen LogP contribution in [0.25, 0.3) is 0 Å². The minimum atomic E-state index is 0.391. The predicted octanol–water partition coefficient (Wildman–Crippen LogP) is 3.55. The molecule has 1 fully saturated rings. The molecule has 0 amide bonds. The standard InChI is InChI=1S/C20H29ClN4O/c1-3-15-12-23-20(24-17-7-9-22-10-8-17)25(13-15)14-16-5-6-18(21)19(11-16)26-4-2/h5-6,11-12,17,22H,3-4,7-10,13-14H2,1-2H3,(H,23,24). The van der Waals surface area contributed by atoms with E-state index in [9.17, 15) is 0 Å². The minimum Gasteiger partial charge on any atom is -0.492 e. The van der Waals surface area contributed by atoms with Gasteiger partial charge in [-0.3, -0.25) is 0 Å². The molecular formula is C20H29ClN4O. The molecular weight excluding hydrogens is 348 g/mol. The van der Waals surface area contributed by atoms with E-state index in [2.05, 4.69) is 34.7 Å². The minimum absolute atomic E-state index is 0.391. The number of piperidine rings is 1. The van der Waals surface area contributed by atoms with Gasteiger partial charge in [-0.25, -0.2) is 4.99 Å². The van der Waals surface area contributed by atoms with Crippen molar-refractivity contribution < 1.29 is 4.74 Å². The zero-order valence-corrected chi connectivity index (χ0v) is 16.5. The van der Waals surface area contributed by atoms with E-state index in [1.165, 1.54) is 11.1 Å². The molecule has 0 saturated carbocycles. The number of halogens is 1. The maximum atomic E-state index is 6.23. The first-order valence-electron chi connectivity index (χ1n) is 9.58. The van der Waals surface area contributed by atoms with Crippen LogP contribution in [0.3, 0.4) is 0 Å². The molecule has 0 spiro atoms. The monoisotopic (exact) mass is 376 g/mol. The van der Waals surface area contributed by atoms with E-state index in [1.807, 2.05) is 19.1 Å². The number of hydrogen-bond acceptors (Lipinski definition) is 3. The van der Waals surface area contributed by atoms with E-state index in [0.29, 0.717) is 17.7 Å². The van der Waals surface area contributed by atoms with Crippen molar-refractivity contribution in [2.24, 2.45) is 4.99 Å². The average molecular weight is 377 g/mol. The Morgan fingerprint density at radius 1 is 1.27 bits per heavy atom. The fourth-order valence-electron chi connectivity index (χ4n) is 3.33. The Kier molecular flexibility index (Phi) is 6.80. The highest BCUT2D eigenvalue weighted by Gasteiger charge is 2.20. The van der Waals surface area contributed by atoms with Crippen molar-refractivity contribution in [2.75, 3.05) is 26.2 Å². The summed E-state index contributed by atoms with van der Waals surface area (Å²) in [5.41, 5.74) is 2.56. The summed E-state index contributed by atoms with van der Waals surface area (Å²) in [5.74, 6) is 1.72. The number of nitrogens with one attached hydrogen (secondary N) is 2. The Morgan fingerprint density at radius 2 is 2.08 bits per heavy atom. The molecule has 2 heterocycles. The van der Waals surface area contributed by atoms with Gasteiger partial charge in [0.1, 0.15) is 5.75 Å².